The number of carbonyl (C=O) groups excluding carboxylic acids is 2. The van der Waals surface area contributed by atoms with Crippen molar-refractivity contribution in [3.63, 3.8) is 0 Å². The number of fused-ring (bicyclic) bond motifs is 1. The number of amides is 1. The summed E-state index contributed by atoms with van der Waals surface area (Å²) in [6.07, 6.45) is 1.23. The lowest BCUT2D eigenvalue weighted by molar-refractivity contribution is -0.137. The Morgan fingerprint density at radius 3 is 2.43 bits per heavy atom. The fourth-order valence-electron chi connectivity index (χ4n) is 4.36. The van der Waals surface area contributed by atoms with Crippen molar-refractivity contribution in [1.29, 1.82) is 0 Å². The van der Waals surface area contributed by atoms with Crippen molar-refractivity contribution in [1.82, 2.24) is 0 Å². The van der Waals surface area contributed by atoms with Crippen LogP contribution in [0.15, 0.2) is 57.7 Å². The Morgan fingerprint density at radius 2 is 1.77 bits per heavy atom. The Kier molecular flexibility index (Phi) is 7.60. The first-order valence-corrected chi connectivity index (χ1v) is 13.8. The van der Waals surface area contributed by atoms with Crippen LogP contribution in [0.3, 0.4) is 0 Å². The summed E-state index contributed by atoms with van der Waals surface area (Å²) >= 11 is 9.07. The van der Waals surface area contributed by atoms with Gasteiger partial charge in [0.25, 0.3) is 0 Å². The van der Waals surface area contributed by atoms with E-state index in [2.05, 4.69) is 6.07 Å². The van der Waals surface area contributed by atoms with Crippen molar-refractivity contribution in [2.24, 2.45) is 0 Å². The highest BCUT2D eigenvalue weighted by Crippen LogP contribution is 2.58. The molecule has 7 heteroatoms. The minimum Gasteiger partial charge on any atom is -0.462 e. The molecule has 2 heterocycles. The number of aryl methyl sites for hydroxylation is 1. The van der Waals surface area contributed by atoms with Crippen LogP contribution in [0.2, 0.25) is 0 Å². The fourth-order valence-corrected chi connectivity index (χ4v) is 7.49. The average molecular weight is 524 g/mol. The summed E-state index contributed by atoms with van der Waals surface area (Å²) in [5.74, 6) is -0.263. The van der Waals surface area contributed by atoms with Gasteiger partial charge in [-0.15, -0.1) is 0 Å². The molecule has 0 fully saturated rings. The van der Waals surface area contributed by atoms with E-state index in [1.54, 1.807) is 11.8 Å². The third-order valence-corrected chi connectivity index (χ3v) is 9.34. The van der Waals surface area contributed by atoms with Gasteiger partial charge in [0, 0.05) is 22.5 Å². The van der Waals surface area contributed by atoms with E-state index in [4.69, 9.17) is 17.0 Å². The largest absolute Gasteiger partial charge is 0.462 e. The molecule has 0 bridgehead atoms. The summed E-state index contributed by atoms with van der Waals surface area (Å²) in [7, 11) is 0. The molecule has 0 aromatic heterocycles. The molecule has 2 aliphatic rings. The number of nitrogens with zero attached hydrogens (tertiary/aromatic N) is 1. The van der Waals surface area contributed by atoms with Gasteiger partial charge in [-0.2, -0.15) is 0 Å². The van der Waals surface area contributed by atoms with Gasteiger partial charge >= 0.3 is 5.97 Å². The second-order valence-corrected chi connectivity index (χ2v) is 11.7. The van der Waals surface area contributed by atoms with Crippen LogP contribution in [-0.2, 0) is 14.3 Å². The van der Waals surface area contributed by atoms with Crippen molar-refractivity contribution in [2.45, 2.75) is 53.0 Å². The first-order chi connectivity index (χ1) is 16.7. The number of carbonyl (C=O) groups is 2. The normalized spacial score (nSPS) is 19.1. The Labute approximate surface area is 221 Å². The lowest BCUT2D eigenvalue weighted by atomic mass is 9.82. The number of esters is 1. The molecule has 1 amide bonds. The van der Waals surface area contributed by atoms with Crippen molar-refractivity contribution >= 4 is 68.6 Å². The minimum absolute atomic E-state index is 0.0658. The maximum absolute atomic E-state index is 13.3. The number of rotatable bonds is 5. The van der Waals surface area contributed by atoms with Crippen LogP contribution >= 0.6 is 35.7 Å². The molecule has 182 valence electrons. The SMILES string of the molecule is CCCC(=O)N1c2ccc(C)cc2C(=C2SC(C(=O)OCC)=C(c3ccccc3)S2)C(=S)C1(C)C. The molecule has 35 heavy (non-hydrogen) atoms. The fraction of sp³-hybridized carbons (Fsp3) is 0.321. The topological polar surface area (TPSA) is 46.6 Å². The van der Waals surface area contributed by atoms with Gasteiger partial charge in [0.1, 0.15) is 4.91 Å². The first-order valence-electron chi connectivity index (χ1n) is 11.8. The van der Waals surface area contributed by atoms with E-state index in [9.17, 15) is 9.59 Å². The van der Waals surface area contributed by atoms with Gasteiger partial charge in [0.15, 0.2) is 0 Å². The monoisotopic (exact) mass is 523 g/mol. The van der Waals surface area contributed by atoms with E-state index >= 15 is 0 Å². The lowest BCUT2D eigenvalue weighted by Crippen LogP contribution is -2.55. The van der Waals surface area contributed by atoms with Crippen molar-refractivity contribution in [3.05, 3.63) is 74.4 Å². The molecule has 0 atom stereocenters. The molecule has 0 aliphatic carbocycles. The highest BCUT2D eigenvalue weighted by Gasteiger charge is 2.45. The summed E-state index contributed by atoms with van der Waals surface area (Å²) in [5, 5.41) is 0. The van der Waals surface area contributed by atoms with E-state index in [0.717, 1.165) is 43.5 Å². The average Bonchev–Trinajstić information content (AvgIpc) is 3.26. The van der Waals surface area contributed by atoms with Gasteiger partial charge < -0.3 is 9.64 Å². The smallest absolute Gasteiger partial charge is 0.346 e. The minimum atomic E-state index is -0.688. The summed E-state index contributed by atoms with van der Waals surface area (Å²) < 4.78 is 6.35. The van der Waals surface area contributed by atoms with Crippen LogP contribution in [0.4, 0.5) is 5.69 Å². The van der Waals surface area contributed by atoms with Crippen LogP contribution in [0.1, 0.15) is 57.2 Å². The molecule has 0 unspecified atom stereocenters. The van der Waals surface area contributed by atoms with E-state index in [1.807, 2.05) is 82.0 Å². The van der Waals surface area contributed by atoms with Crippen LogP contribution in [0.5, 0.6) is 0 Å². The standard InChI is InChI=1S/C28H29NO3S3/c1-6-11-21(30)29-20-15-14-17(3)16-19(20)22(25(33)28(29,4)5)27-34-23(18-12-9-8-10-13-18)24(35-27)26(31)32-7-2/h8-10,12-16H,6-7,11H2,1-5H3. The van der Waals surface area contributed by atoms with Gasteiger partial charge in [0.2, 0.25) is 5.91 Å². The quantitative estimate of drug-likeness (QED) is 0.232. The summed E-state index contributed by atoms with van der Waals surface area (Å²) in [4.78, 5) is 30.2. The van der Waals surface area contributed by atoms with Crippen LogP contribution in [-0.4, -0.2) is 28.9 Å². The second-order valence-electron chi connectivity index (χ2n) is 9.00. The molecule has 2 aromatic rings. The molecule has 4 rings (SSSR count). The van der Waals surface area contributed by atoms with Crippen molar-refractivity contribution in [2.75, 3.05) is 11.5 Å². The highest BCUT2D eigenvalue weighted by atomic mass is 32.2. The molecule has 0 saturated heterocycles. The van der Waals surface area contributed by atoms with Crippen molar-refractivity contribution < 1.29 is 14.3 Å². The maximum atomic E-state index is 13.3. The zero-order valence-electron chi connectivity index (χ0n) is 20.6. The van der Waals surface area contributed by atoms with E-state index in [0.29, 0.717) is 22.8 Å². The molecule has 0 radical (unpaired) electrons. The summed E-state index contributed by atoms with van der Waals surface area (Å²) in [6.45, 7) is 10.2. The Morgan fingerprint density at radius 1 is 1.06 bits per heavy atom. The van der Waals surface area contributed by atoms with Gasteiger partial charge in [0.05, 0.1) is 26.9 Å². The molecular weight excluding hydrogens is 495 g/mol. The number of hydrogen-bond donors (Lipinski definition) is 0. The first kappa shape index (κ1) is 25.7. The summed E-state index contributed by atoms with van der Waals surface area (Å²) in [5.41, 5.74) is 4.09. The number of anilines is 1. The molecule has 0 saturated carbocycles. The Bertz CT molecular complexity index is 1260. The Balaban J connectivity index is 1.91. The molecule has 0 N–H and O–H groups in total. The van der Waals surface area contributed by atoms with E-state index in [1.165, 1.54) is 11.8 Å². The predicted molar refractivity (Wildman–Crippen MR) is 152 cm³/mol. The molecule has 2 aliphatic heterocycles. The number of thioether (sulfide) groups is 2. The summed E-state index contributed by atoms with van der Waals surface area (Å²) in [6, 6.07) is 16.0. The zero-order chi connectivity index (χ0) is 25.3. The van der Waals surface area contributed by atoms with Crippen LogP contribution in [0.25, 0.3) is 10.5 Å². The Hall–Kier alpha value is -2.35. The zero-order valence-corrected chi connectivity index (χ0v) is 23.1. The number of thiocarbonyl (C=S) groups is 1. The van der Waals surface area contributed by atoms with Gasteiger partial charge in [-0.1, -0.05) is 84.6 Å². The maximum Gasteiger partial charge on any atom is 0.346 e. The molecule has 2 aromatic carbocycles. The predicted octanol–water partition coefficient (Wildman–Crippen LogP) is 7.37. The molecule has 4 nitrogen and oxygen atoms in total. The lowest BCUT2D eigenvalue weighted by Gasteiger charge is -2.45. The van der Waals surface area contributed by atoms with E-state index in [-0.39, 0.29) is 11.9 Å². The van der Waals surface area contributed by atoms with E-state index < -0.39 is 5.54 Å². The van der Waals surface area contributed by atoms with Gasteiger partial charge in [-0.05, 0) is 51.8 Å². The number of ether oxygens (including phenoxy) is 1. The number of benzene rings is 2. The van der Waals surface area contributed by atoms with Gasteiger partial charge in [-0.3, -0.25) is 4.79 Å². The van der Waals surface area contributed by atoms with Crippen molar-refractivity contribution in [3.8, 4) is 0 Å². The third-order valence-electron chi connectivity index (χ3n) is 6.01. The second kappa shape index (κ2) is 10.3. The third kappa shape index (κ3) is 4.74. The van der Waals surface area contributed by atoms with Gasteiger partial charge in [-0.25, -0.2) is 4.79 Å². The molecule has 0 spiro atoms. The molecular formula is C28H29NO3S3. The van der Waals surface area contributed by atoms with Crippen LogP contribution < -0.4 is 4.90 Å². The van der Waals surface area contributed by atoms with Crippen LogP contribution in [0, 0.1) is 6.92 Å². The number of hydrogen-bond acceptors (Lipinski definition) is 6. The highest BCUT2D eigenvalue weighted by molar-refractivity contribution is 8.32.